The van der Waals surface area contributed by atoms with Crippen molar-refractivity contribution in [2.24, 2.45) is 0 Å². The smallest absolute Gasteiger partial charge is 0.124 e. The Balaban J connectivity index is 2.42. The zero-order valence-electron chi connectivity index (χ0n) is 10.2. The first-order valence-electron chi connectivity index (χ1n) is 5.77. The summed E-state index contributed by atoms with van der Waals surface area (Å²) in [5.74, 6) is 2.64. The summed E-state index contributed by atoms with van der Waals surface area (Å²) >= 11 is 7.86. The number of thioether (sulfide) groups is 1. The maximum Gasteiger partial charge on any atom is 0.124 e. The zero-order chi connectivity index (χ0) is 12.3. The molecule has 0 aliphatic rings. The summed E-state index contributed by atoms with van der Waals surface area (Å²) in [6.07, 6.45) is 3.30. The van der Waals surface area contributed by atoms with Crippen molar-refractivity contribution in [2.75, 3.05) is 12.0 Å². The molecule has 17 heavy (non-hydrogen) atoms. The molecule has 0 radical (unpaired) electrons. The Morgan fingerprint density at radius 3 is 2.94 bits per heavy atom. The number of alkyl halides is 1. The number of hydrogen-bond acceptors (Lipinski definition) is 2. The predicted molar refractivity (Wildman–Crippen MR) is 77.0 cm³/mol. The standard InChI is InChI=1S/C13H17ClN2S/c1-10-5-3-6-11-13(10)16(7-4-8-17-2)12(9-14)15-11/h3,5-6H,4,7-9H2,1-2H3. The van der Waals surface area contributed by atoms with E-state index < -0.39 is 0 Å². The summed E-state index contributed by atoms with van der Waals surface area (Å²) in [4.78, 5) is 4.59. The number of para-hydroxylation sites is 1. The first kappa shape index (κ1) is 12.8. The summed E-state index contributed by atoms with van der Waals surface area (Å²) in [5, 5.41) is 0. The van der Waals surface area contributed by atoms with Gasteiger partial charge in [-0.3, -0.25) is 0 Å². The highest BCUT2D eigenvalue weighted by Crippen LogP contribution is 2.21. The van der Waals surface area contributed by atoms with Crippen LogP contribution in [0.15, 0.2) is 18.2 Å². The number of nitrogens with zero attached hydrogens (tertiary/aromatic N) is 2. The molecule has 1 heterocycles. The van der Waals surface area contributed by atoms with E-state index in [1.54, 1.807) is 0 Å². The van der Waals surface area contributed by atoms with Gasteiger partial charge in [0.05, 0.1) is 16.9 Å². The van der Waals surface area contributed by atoms with Crippen LogP contribution in [0, 0.1) is 6.92 Å². The molecular weight excluding hydrogens is 252 g/mol. The molecule has 2 aromatic rings. The molecule has 2 rings (SSSR count). The molecule has 1 aromatic carbocycles. The first-order chi connectivity index (χ1) is 8.27. The van der Waals surface area contributed by atoms with Crippen molar-refractivity contribution in [3.8, 4) is 0 Å². The molecule has 0 unspecified atom stereocenters. The fourth-order valence-corrected chi connectivity index (χ4v) is 2.74. The molecule has 0 atom stereocenters. The molecule has 2 nitrogen and oxygen atoms in total. The lowest BCUT2D eigenvalue weighted by Gasteiger charge is -2.08. The maximum absolute atomic E-state index is 5.98. The van der Waals surface area contributed by atoms with Crippen molar-refractivity contribution in [1.82, 2.24) is 9.55 Å². The Labute approximate surface area is 111 Å². The van der Waals surface area contributed by atoms with Crippen LogP contribution in [0.5, 0.6) is 0 Å². The van der Waals surface area contributed by atoms with Crippen LogP contribution in [0.1, 0.15) is 17.8 Å². The number of aromatic nitrogens is 2. The van der Waals surface area contributed by atoms with E-state index in [4.69, 9.17) is 11.6 Å². The Morgan fingerprint density at radius 1 is 1.41 bits per heavy atom. The van der Waals surface area contributed by atoms with Gasteiger partial charge in [0.1, 0.15) is 5.82 Å². The third kappa shape index (κ3) is 2.61. The minimum atomic E-state index is 0.480. The monoisotopic (exact) mass is 268 g/mol. The minimum absolute atomic E-state index is 0.480. The molecule has 4 heteroatoms. The molecule has 0 saturated carbocycles. The molecule has 0 saturated heterocycles. The molecule has 92 valence electrons. The average molecular weight is 269 g/mol. The number of halogens is 1. The third-order valence-electron chi connectivity index (χ3n) is 2.90. The van der Waals surface area contributed by atoms with Crippen molar-refractivity contribution in [3.63, 3.8) is 0 Å². The maximum atomic E-state index is 5.98. The molecule has 0 bridgehead atoms. The lowest BCUT2D eigenvalue weighted by Crippen LogP contribution is -2.04. The van der Waals surface area contributed by atoms with Gasteiger partial charge in [-0.05, 0) is 37.0 Å². The number of benzene rings is 1. The Kier molecular flexibility index (Phi) is 4.35. The number of imidazole rings is 1. The Hall–Kier alpha value is -0.670. The van der Waals surface area contributed by atoms with E-state index in [2.05, 4.69) is 40.9 Å². The third-order valence-corrected chi connectivity index (χ3v) is 3.83. The topological polar surface area (TPSA) is 17.8 Å². The molecule has 0 fully saturated rings. The van der Waals surface area contributed by atoms with Gasteiger partial charge in [-0.2, -0.15) is 11.8 Å². The zero-order valence-corrected chi connectivity index (χ0v) is 11.8. The Morgan fingerprint density at radius 2 is 2.24 bits per heavy atom. The summed E-state index contributed by atoms with van der Waals surface area (Å²) in [7, 11) is 0. The van der Waals surface area contributed by atoms with E-state index in [0.29, 0.717) is 5.88 Å². The minimum Gasteiger partial charge on any atom is -0.327 e. The number of aryl methyl sites for hydroxylation is 2. The summed E-state index contributed by atoms with van der Waals surface area (Å²) < 4.78 is 2.27. The number of fused-ring (bicyclic) bond motifs is 1. The van der Waals surface area contributed by atoms with E-state index in [0.717, 1.165) is 24.3 Å². The molecule has 0 spiro atoms. The van der Waals surface area contributed by atoms with Crippen LogP contribution in [0.4, 0.5) is 0 Å². The molecule has 1 aromatic heterocycles. The van der Waals surface area contributed by atoms with Crippen LogP contribution in [0.2, 0.25) is 0 Å². The highest BCUT2D eigenvalue weighted by atomic mass is 35.5. The van der Waals surface area contributed by atoms with Gasteiger partial charge in [0.15, 0.2) is 0 Å². The van der Waals surface area contributed by atoms with Crippen molar-refractivity contribution < 1.29 is 0 Å². The van der Waals surface area contributed by atoms with Gasteiger partial charge in [0.25, 0.3) is 0 Å². The lowest BCUT2D eigenvalue weighted by atomic mass is 10.2. The van der Waals surface area contributed by atoms with Gasteiger partial charge in [-0.25, -0.2) is 4.98 Å². The van der Waals surface area contributed by atoms with E-state index in [-0.39, 0.29) is 0 Å². The largest absolute Gasteiger partial charge is 0.327 e. The average Bonchev–Trinajstić information content (AvgIpc) is 2.69. The van der Waals surface area contributed by atoms with Gasteiger partial charge in [-0.1, -0.05) is 12.1 Å². The second kappa shape index (κ2) is 5.78. The fourth-order valence-electron chi connectivity index (χ4n) is 2.12. The second-order valence-electron chi connectivity index (χ2n) is 4.10. The fraction of sp³-hybridized carbons (Fsp3) is 0.462. The normalized spacial score (nSPS) is 11.2. The van der Waals surface area contributed by atoms with Crippen molar-refractivity contribution in [3.05, 3.63) is 29.6 Å². The van der Waals surface area contributed by atoms with E-state index in [1.165, 1.54) is 16.8 Å². The van der Waals surface area contributed by atoms with Gasteiger partial charge in [0, 0.05) is 6.54 Å². The molecule has 0 amide bonds. The lowest BCUT2D eigenvalue weighted by molar-refractivity contribution is 0.676. The second-order valence-corrected chi connectivity index (χ2v) is 5.36. The number of rotatable bonds is 5. The highest BCUT2D eigenvalue weighted by molar-refractivity contribution is 7.98. The summed E-state index contributed by atoms with van der Waals surface area (Å²) in [6, 6.07) is 6.24. The van der Waals surface area contributed by atoms with Crippen LogP contribution in [0.25, 0.3) is 11.0 Å². The van der Waals surface area contributed by atoms with Gasteiger partial charge < -0.3 is 4.57 Å². The molecule has 0 N–H and O–H groups in total. The van der Waals surface area contributed by atoms with Gasteiger partial charge in [0.2, 0.25) is 0 Å². The van der Waals surface area contributed by atoms with Crippen LogP contribution < -0.4 is 0 Å². The molecular formula is C13H17ClN2S. The Bertz CT molecular complexity index is 507. The van der Waals surface area contributed by atoms with Gasteiger partial charge >= 0.3 is 0 Å². The van der Waals surface area contributed by atoms with Gasteiger partial charge in [-0.15, -0.1) is 11.6 Å². The van der Waals surface area contributed by atoms with Crippen molar-refractivity contribution >= 4 is 34.4 Å². The van der Waals surface area contributed by atoms with E-state index >= 15 is 0 Å². The highest BCUT2D eigenvalue weighted by Gasteiger charge is 2.10. The van der Waals surface area contributed by atoms with Crippen molar-refractivity contribution in [2.45, 2.75) is 25.8 Å². The van der Waals surface area contributed by atoms with Crippen molar-refractivity contribution in [1.29, 1.82) is 0 Å². The van der Waals surface area contributed by atoms with E-state index in [1.807, 2.05) is 11.8 Å². The summed E-state index contributed by atoms with van der Waals surface area (Å²) in [5.41, 5.74) is 3.57. The van der Waals surface area contributed by atoms with Crippen LogP contribution in [-0.4, -0.2) is 21.6 Å². The molecule has 0 aliphatic carbocycles. The van der Waals surface area contributed by atoms with E-state index in [9.17, 15) is 0 Å². The summed E-state index contributed by atoms with van der Waals surface area (Å²) in [6.45, 7) is 3.14. The predicted octanol–water partition coefficient (Wildman–Crippen LogP) is 3.84. The first-order valence-corrected chi connectivity index (χ1v) is 7.70. The SMILES string of the molecule is CSCCCn1c(CCl)nc2cccc(C)c21. The quantitative estimate of drug-likeness (QED) is 0.606. The molecule has 0 aliphatic heterocycles. The van der Waals surface area contributed by atoms with Crippen LogP contribution in [-0.2, 0) is 12.4 Å². The number of hydrogen-bond donors (Lipinski definition) is 0. The van der Waals surface area contributed by atoms with Crippen LogP contribution >= 0.6 is 23.4 Å². The van der Waals surface area contributed by atoms with Crippen LogP contribution in [0.3, 0.4) is 0 Å².